The van der Waals surface area contributed by atoms with Gasteiger partial charge in [-0.3, -0.25) is 9.59 Å². The summed E-state index contributed by atoms with van der Waals surface area (Å²) in [5.41, 5.74) is 1.47. The van der Waals surface area contributed by atoms with Crippen LogP contribution >= 0.6 is 11.6 Å². The van der Waals surface area contributed by atoms with Crippen LogP contribution in [0.2, 0.25) is 5.02 Å². The van der Waals surface area contributed by atoms with Crippen molar-refractivity contribution in [3.8, 4) is 0 Å². The minimum absolute atomic E-state index is 0.171. The van der Waals surface area contributed by atoms with Gasteiger partial charge in [0.25, 0.3) is 5.91 Å². The Bertz CT molecular complexity index is 731. The summed E-state index contributed by atoms with van der Waals surface area (Å²) >= 11 is 5.77. The number of amides is 2. The average molecular weight is 330 g/mol. The van der Waals surface area contributed by atoms with Crippen LogP contribution in [0.3, 0.4) is 0 Å². The van der Waals surface area contributed by atoms with Gasteiger partial charge in [0.05, 0.1) is 5.02 Å². The van der Waals surface area contributed by atoms with Crippen LogP contribution in [0.5, 0.6) is 0 Å². The van der Waals surface area contributed by atoms with Crippen molar-refractivity contribution in [3.63, 3.8) is 0 Å². The average Bonchev–Trinajstić information content (AvgIpc) is 2.95. The van der Waals surface area contributed by atoms with Crippen molar-refractivity contribution in [2.75, 3.05) is 11.9 Å². The minimum atomic E-state index is -0.241. The lowest BCUT2D eigenvalue weighted by Crippen LogP contribution is -2.24. The molecule has 0 saturated carbocycles. The summed E-state index contributed by atoms with van der Waals surface area (Å²) in [7, 11) is 0. The van der Waals surface area contributed by atoms with E-state index < -0.39 is 0 Å². The van der Waals surface area contributed by atoms with Crippen molar-refractivity contribution in [3.05, 3.63) is 58.7 Å². The Morgan fingerprint density at radius 1 is 1.30 bits per heavy atom. The third-order valence-corrected chi connectivity index (χ3v) is 3.93. The number of aromatic nitrogens is 1. The van der Waals surface area contributed by atoms with Crippen molar-refractivity contribution >= 4 is 29.2 Å². The van der Waals surface area contributed by atoms with Gasteiger partial charge in [0.15, 0.2) is 0 Å². The summed E-state index contributed by atoms with van der Waals surface area (Å²) < 4.78 is 0. The van der Waals surface area contributed by atoms with E-state index in [0.717, 1.165) is 18.5 Å². The number of carbonyl (C=O) groups is 2. The Labute approximate surface area is 139 Å². The second-order valence-electron chi connectivity index (χ2n) is 5.44. The van der Waals surface area contributed by atoms with Crippen LogP contribution in [0.4, 0.5) is 5.82 Å². The molecule has 0 atom stereocenters. The van der Waals surface area contributed by atoms with Crippen LogP contribution in [0.1, 0.15) is 28.8 Å². The molecular formula is C17H16ClN3O2. The number of halogens is 1. The molecule has 23 heavy (non-hydrogen) atoms. The van der Waals surface area contributed by atoms with E-state index in [-0.39, 0.29) is 11.8 Å². The number of likely N-dealkylation sites (tertiary alicyclic amines) is 1. The quantitative estimate of drug-likeness (QED) is 0.937. The molecule has 1 saturated heterocycles. The molecule has 1 N–H and O–H groups in total. The van der Waals surface area contributed by atoms with Gasteiger partial charge in [-0.1, -0.05) is 23.7 Å². The highest BCUT2D eigenvalue weighted by Gasteiger charge is 2.20. The topological polar surface area (TPSA) is 62.3 Å². The first-order valence-corrected chi connectivity index (χ1v) is 7.79. The van der Waals surface area contributed by atoms with Gasteiger partial charge in [0.1, 0.15) is 5.82 Å². The van der Waals surface area contributed by atoms with E-state index in [2.05, 4.69) is 10.3 Å². The number of benzene rings is 1. The zero-order valence-electron chi connectivity index (χ0n) is 12.5. The van der Waals surface area contributed by atoms with Crippen molar-refractivity contribution < 1.29 is 9.59 Å². The minimum Gasteiger partial charge on any atom is -0.338 e. The lowest BCUT2D eigenvalue weighted by molar-refractivity contribution is -0.128. The second kappa shape index (κ2) is 6.79. The number of rotatable bonds is 4. The molecule has 5 nitrogen and oxygen atoms in total. The predicted octanol–water partition coefficient (Wildman–Crippen LogP) is 3.11. The molecule has 0 aliphatic carbocycles. The van der Waals surface area contributed by atoms with Gasteiger partial charge in [-0.05, 0) is 36.2 Å². The third-order valence-electron chi connectivity index (χ3n) is 3.70. The van der Waals surface area contributed by atoms with Crippen molar-refractivity contribution in [1.82, 2.24) is 9.88 Å². The largest absolute Gasteiger partial charge is 0.338 e. The fourth-order valence-electron chi connectivity index (χ4n) is 2.54. The van der Waals surface area contributed by atoms with Gasteiger partial charge in [0.2, 0.25) is 5.91 Å². The lowest BCUT2D eigenvalue weighted by Gasteiger charge is -2.16. The van der Waals surface area contributed by atoms with Crippen LogP contribution in [-0.2, 0) is 11.3 Å². The maximum Gasteiger partial charge on any atom is 0.256 e. The molecule has 1 aliphatic heterocycles. The molecule has 0 spiro atoms. The number of hydrogen-bond acceptors (Lipinski definition) is 3. The Hall–Kier alpha value is -2.40. The van der Waals surface area contributed by atoms with Gasteiger partial charge >= 0.3 is 0 Å². The highest BCUT2D eigenvalue weighted by atomic mass is 35.5. The molecule has 2 aromatic rings. The van der Waals surface area contributed by atoms with E-state index in [1.165, 1.54) is 6.20 Å². The van der Waals surface area contributed by atoms with Crippen LogP contribution in [0, 0.1) is 0 Å². The molecule has 0 bridgehead atoms. The van der Waals surface area contributed by atoms with Crippen molar-refractivity contribution in [2.24, 2.45) is 0 Å². The first-order chi connectivity index (χ1) is 11.1. The Morgan fingerprint density at radius 2 is 2.17 bits per heavy atom. The molecule has 1 fully saturated rings. The highest BCUT2D eigenvalue weighted by Crippen LogP contribution is 2.16. The van der Waals surface area contributed by atoms with Crippen LogP contribution in [0.15, 0.2) is 42.6 Å². The van der Waals surface area contributed by atoms with E-state index in [4.69, 9.17) is 11.6 Å². The van der Waals surface area contributed by atoms with E-state index >= 15 is 0 Å². The number of nitrogens with one attached hydrogen (secondary N) is 1. The van der Waals surface area contributed by atoms with E-state index in [0.29, 0.717) is 29.4 Å². The number of pyridine rings is 1. The summed E-state index contributed by atoms with van der Waals surface area (Å²) in [6.07, 6.45) is 3.00. The first kappa shape index (κ1) is 15.5. The molecule has 3 rings (SSSR count). The van der Waals surface area contributed by atoms with E-state index in [9.17, 15) is 9.59 Å². The summed E-state index contributed by atoms with van der Waals surface area (Å²) in [5, 5.41) is 3.24. The van der Waals surface area contributed by atoms with Gasteiger partial charge in [0, 0.05) is 31.3 Å². The first-order valence-electron chi connectivity index (χ1n) is 7.41. The van der Waals surface area contributed by atoms with Crippen molar-refractivity contribution in [2.45, 2.75) is 19.4 Å². The molecule has 118 valence electrons. The zero-order valence-corrected chi connectivity index (χ0v) is 13.2. The second-order valence-corrected chi connectivity index (χ2v) is 5.87. The van der Waals surface area contributed by atoms with Crippen molar-refractivity contribution in [1.29, 1.82) is 0 Å². The lowest BCUT2D eigenvalue weighted by atomic mass is 10.1. The van der Waals surface area contributed by atoms with Gasteiger partial charge in [-0.2, -0.15) is 0 Å². The summed E-state index contributed by atoms with van der Waals surface area (Å²) in [6, 6.07) is 10.6. The van der Waals surface area contributed by atoms with Crippen LogP contribution in [0.25, 0.3) is 0 Å². The number of nitrogens with zero attached hydrogens (tertiary/aromatic N) is 2. The van der Waals surface area contributed by atoms with Crippen LogP contribution in [-0.4, -0.2) is 28.2 Å². The number of anilines is 1. The van der Waals surface area contributed by atoms with Gasteiger partial charge < -0.3 is 10.2 Å². The van der Waals surface area contributed by atoms with E-state index in [1.54, 1.807) is 24.3 Å². The molecule has 2 heterocycles. The maximum absolute atomic E-state index is 12.3. The number of carbonyl (C=O) groups excluding carboxylic acids is 2. The molecule has 1 aromatic carbocycles. The van der Waals surface area contributed by atoms with Crippen LogP contribution < -0.4 is 5.32 Å². The monoisotopic (exact) mass is 329 g/mol. The van der Waals surface area contributed by atoms with E-state index in [1.807, 2.05) is 17.0 Å². The normalized spacial score (nSPS) is 14.1. The molecule has 1 aliphatic rings. The highest BCUT2D eigenvalue weighted by molar-refractivity contribution is 6.30. The molecule has 0 unspecified atom stereocenters. The third kappa shape index (κ3) is 3.87. The summed E-state index contributed by atoms with van der Waals surface area (Å²) in [4.78, 5) is 29.8. The Kier molecular flexibility index (Phi) is 4.57. The Morgan fingerprint density at radius 3 is 2.87 bits per heavy atom. The molecule has 0 radical (unpaired) electrons. The molecular weight excluding hydrogens is 314 g/mol. The maximum atomic E-state index is 12.3. The standard InChI is InChI=1S/C17H16ClN3O2/c18-14-6-7-15(19-10-14)20-17(23)13-4-1-3-12(9-13)11-21-8-2-5-16(21)22/h1,3-4,6-7,9-10H,2,5,8,11H2,(H,19,20,23). The SMILES string of the molecule is O=C(Nc1ccc(Cl)cn1)c1cccc(CN2CCCC2=O)c1. The Balaban J connectivity index is 1.69. The smallest absolute Gasteiger partial charge is 0.256 e. The zero-order chi connectivity index (χ0) is 16.2. The summed E-state index contributed by atoms with van der Waals surface area (Å²) in [6.45, 7) is 1.32. The summed E-state index contributed by atoms with van der Waals surface area (Å²) in [5.74, 6) is 0.374. The van der Waals surface area contributed by atoms with Gasteiger partial charge in [-0.15, -0.1) is 0 Å². The molecule has 1 aromatic heterocycles. The fraction of sp³-hybridized carbons (Fsp3) is 0.235. The van der Waals surface area contributed by atoms with Gasteiger partial charge in [-0.25, -0.2) is 4.98 Å². The number of hydrogen-bond donors (Lipinski definition) is 1. The molecule has 2 amide bonds. The fourth-order valence-corrected chi connectivity index (χ4v) is 2.65. The molecule has 6 heteroatoms. The predicted molar refractivity (Wildman–Crippen MR) is 88.3 cm³/mol.